The van der Waals surface area contributed by atoms with Gasteiger partial charge >= 0.3 is 0 Å². The number of benzene rings is 2. The normalized spacial score (nSPS) is 14.0. The third-order valence-electron chi connectivity index (χ3n) is 4.83. The van der Waals surface area contributed by atoms with Crippen LogP contribution in [0.2, 0.25) is 0 Å². The van der Waals surface area contributed by atoms with E-state index in [0.29, 0.717) is 6.54 Å². The van der Waals surface area contributed by atoms with Crippen LogP contribution in [0.1, 0.15) is 24.0 Å². The Hall–Kier alpha value is -2.35. The number of hydrogen-bond donors (Lipinski definition) is 2. The first-order chi connectivity index (χ1) is 13.7. The highest BCUT2D eigenvalue weighted by atomic mass is 127. The van der Waals surface area contributed by atoms with Crippen LogP contribution in [0, 0.1) is 0 Å². The molecule has 1 amide bonds. The number of nitrogens with one attached hydrogen (secondary N) is 2. The summed E-state index contributed by atoms with van der Waals surface area (Å²) in [7, 11) is 1.76. The van der Waals surface area contributed by atoms with Crippen molar-refractivity contribution in [2.24, 2.45) is 4.99 Å². The molecule has 0 unspecified atom stereocenters. The summed E-state index contributed by atoms with van der Waals surface area (Å²) in [6, 6.07) is 20.3. The molecule has 1 aliphatic heterocycles. The fraction of sp³-hybridized carbons (Fsp3) is 0.304. The van der Waals surface area contributed by atoms with Gasteiger partial charge in [-0.25, -0.2) is 0 Å². The Kier molecular flexibility index (Phi) is 9.70. The largest absolute Gasteiger partial charge is 0.350 e. The van der Waals surface area contributed by atoms with Crippen molar-refractivity contribution in [1.82, 2.24) is 15.5 Å². The molecule has 2 N–H and O–H groups in total. The standard InChI is InChI=1S/C23H28N4O.HI/c1-24-23(26-18-22(28)25-17-21-10-6-3-7-11-21)27-14-12-20(13-15-27)16-19-8-4-2-5-9-19;/h2-11,16H,12-15,17-18H2,1H3,(H,24,26)(H,25,28);1H. The maximum atomic E-state index is 12.1. The van der Waals surface area contributed by atoms with Crippen molar-refractivity contribution in [1.29, 1.82) is 0 Å². The zero-order valence-electron chi connectivity index (χ0n) is 16.8. The lowest BCUT2D eigenvalue weighted by Crippen LogP contribution is -2.47. The lowest BCUT2D eigenvalue weighted by Gasteiger charge is -2.31. The van der Waals surface area contributed by atoms with E-state index in [1.165, 1.54) is 11.1 Å². The number of aliphatic imine (C=N–C) groups is 1. The zero-order chi connectivity index (χ0) is 19.6. The number of piperidine rings is 1. The maximum Gasteiger partial charge on any atom is 0.239 e. The highest BCUT2D eigenvalue weighted by Crippen LogP contribution is 2.19. The van der Waals surface area contributed by atoms with Crippen LogP contribution >= 0.6 is 24.0 Å². The molecule has 29 heavy (non-hydrogen) atoms. The first kappa shape index (κ1) is 22.9. The molecular formula is C23H29IN4O. The van der Waals surface area contributed by atoms with Gasteiger partial charge < -0.3 is 15.5 Å². The van der Waals surface area contributed by atoms with Gasteiger partial charge in [-0.15, -0.1) is 24.0 Å². The van der Waals surface area contributed by atoms with Crippen molar-refractivity contribution >= 4 is 41.9 Å². The molecule has 0 aliphatic carbocycles. The Bertz CT molecular complexity index is 811. The van der Waals surface area contributed by atoms with Crippen LogP contribution in [-0.2, 0) is 11.3 Å². The van der Waals surface area contributed by atoms with Crippen LogP contribution in [0.4, 0.5) is 0 Å². The number of nitrogens with zero attached hydrogens (tertiary/aromatic N) is 2. The number of carbonyl (C=O) groups is 1. The average molecular weight is 504 g/mol. The van der Waals surface area contributed by atoms with Gasteiger partial charge in [0, 0.05) is 26.7 Å². The van der Waals surface area contributed by atoms with Gasteiger partial charge in [0.1, 0.15) is 0 Å². The van der Waals surface area contributed by atoms with Gasteiger partial charge in [-0.05, 0) is 24.0 Å². The Balaban J connectivity index is 0.00000300. The molecule has 1 aliphatic rings. The summed E-state index contributed by atoms with van der Waals surface area (Å²) in [5.41, 5.74) is 3.80. The molecule has 5 nitrogen and oxygen atoms in total. The molecule has 0 spiro atoms. The molecule has 2 aromatic carbocycles. The smallest absolute Gasteiger partial charge is 0.239 e. The van der Waals surface area contributed by atoms with Gasteiger partial charge in [-0.2, -0.15) is 0 Å². The second-order valence-corrected chi connectivity index (χ2v) is 6.86. The fourth-order valence-corrected chi connectivity index (χ4v) is 3.29. The molecule has 1 heterocycles. The molecular weight excluding hydrogens is 475 g/mol. The summed E-state index contributed by atoms with van der Waals surface area (Å²) >= 11 is 0. The first-order valence-electron chi connectivity index (χ1n) is 9.75. The Morgan fingerprint density at radius 3 is 2.24 bits per heavy atom. The second kappa shape index (κ2) is 12.3. The molecule has 0 bridgehead atoms. The van der Waals surface area contributed by atoms with Crippen LogP contribution in [0.25, 0.3) is 6.08 Å². The lowest BCUT2D eigenvalue weighted by molar-refractivity contribution is -0.120. The molecule has 0 saturated carbocycles. The van der Waals surface area contributed by atoms with Crippen LogP contribution < -0.4 is 10.6 Å². The van der Waals surface area contributed by atoms with Crippen molar-refractivity contribution in [3.63, 3.8) is 0 Å². The Morgan fingerprint density at radius 1 is 1.00 bits per heavy atom. The number of halogens is 1. The predicted molar refractivity (Wildman–Crippen MR) is 130 cm³/mol. The van der Waals surface area contributed by atoms with E-state index in [2.05, 4.69) is 50.9 Å². The van der Waals surface area contributed by atoms with Gasteiger partial charge in [0.25, 0.3) is 0 Å². The van der Waals surface area contributed by atoms with Crippen molar-refractivity contribution < 1.29 is 4.79 Å². The maximum absolute atomic E-state index is 12.1. The summed E-state index contributed by atoms with van der Waals surface area (Å²) < 4.78 is 0. The minimum atomic E-state index is -0.0355. The molecule has 0 radical (unpaired) electrons. The number of carbonyl (C=O) groups excluding carboxylic acids is 1. The van der Waals surface area contributed by atoms with Crippen molar-refractivity contribution in [2.75, 3.05) is 26.7 Å². The van der Waals surface area contributed by atoms with E-state index in [9.17, 15) is 4.79 Å². The van der Waals surface area contributed by atoms with Gasteiger partial charge in [0.2, 0.25) is 5.91 Å². The van der Waals surface area contributed by atoms with Gasteiger partial charge in [0.05, 0.1) is 6.54 Å². The van der Waals surface area contributed by atoms with Gasteiger partial charge in [-0.1, -0.05) is 72.3 Å². The van der Waals surface area contributed by atoms with E-state index in [0.717, 1.165) is 37.5 Å². The fourth-order valence-electron chi connectivity index (χ4n) is 3.29. The lowest BCUT2D eigenvalue weighted by atomic mass is 10.0. The van der Waals surface area contributed by atoms with Crippen LogP contribution in [0.15, 0.2) is 71.2 Å². The second-order valence-electron chi connectivity index (χ2n) is 6.86. The molecule has 0 aromatic heterocycles. The third kappa shape index (κ3) is 7.53. The summed E-state index contributed by atoms with van der Waals surface area (Å²) in [5, 5.41) is 6.12. The Labute approximate surface area is 190 Å². The molecule has 0 atom stereocenters. The van der Waals surface area contributed by atoms with Crippen LogP contribution in [-0.4, -0.2) is 43.4 Å². The Morgan fingerprint density at radius 2 is 1.62 bits per heavy atom. The number of amides is 1. The molecule has 154 valence electrons. The number of rotatable bonds is 5. The van der Waals surface area contributed by atoms with Crippen LogP contribution in [0.5, 0.6) is 0 Å². The molecule has 2 aromatic rings. The molecule has 1 fully saturated rings. The average Bonchev–Trinajstić information content (AvgIpc) is 2.75. The summed E-state index contributed by atoms with van der Waals surface area (Å²) in [4.78, 5) is 18.7. The minimum absolute atomic E-state index is 0. The zero-order valence-corrected chi connectivity index (χ0v) is 19.1. The van der Waals surface area contributed by atoms with E-state index in [1.54, 1.807) is 7.05 Å². The molecule has 6 heteroatoms. The topological polar surface area (TPSA) is 56.7 Å². The van der Waals surface area contributed by atoms with Crippen molar-refractivity contribution in [3.8, 4) is 0 Å². The van der Waals surface area contributed by atoms with E-state index in [-0.39, 0.29) is 36.4 Å². The quantitative estimate of drug-likeness (QED) is 0.371. The number of guanidine groups is 1. The van der Waals surface area contributed by atoms with E-state index < -0.39 is 0 Å². The van der Waals surface area contributed by atoms with E-state index >= 15 is 0 Å². The van der Waals surface area contributed by atoms with Crippen LogP contribution in [0.3, 0.4) is 0 Å². The summed E-state index contributed by atoms with van der Waals surface area (Å²) in [6.07, 6.45) is 4.30. The predicted octanol–water partition coefficient (Wildman–Crippen LogP) is 3.68. The van der Waals surface area contributed by atoms with E-state index in [4.69, 9.17) is 0 Å². The first-order valence-corrected chi connectivity index (χ1v) is 9.75. The molecule has 3 rings (SSSR count). The molecule has 1 saturated heterocycles. The summed E-state index contributed by atoms with van der Waals surface area (Å²) in [5.74, 6) is 0.750. The summed E-state index contributed by atoms with van der Waals surface area (Å²) in [6.45, 7) is 2.58. The van der Waals surface area contributed by atoms with E-state index in [1.807, 2.05) is 36.4 Å². The monoisotopic (exact) mass is 504 g/mol. The van der Waals surface area contributed by atoms with Crippen molar-refractivity contribution in [3.05, 3.63) is 77.4 Å². The third-order valence-corrected chi connectivity index (χ3v) is 4.83. The van der Waals surface area contributed by atoms with Gasteiger partial charge in [0.15, 0.2) is 5.96 Å². The highest BCUT2D eigenvalue weighted by molar-refractivity contribution is 14.0. The SMILES string of the molecule is CN=C(NCC(=O)NCc1ccccc1)N1CCC(=Cc2ccccc2)CC1.I. The number of likely N-dealkylation sites (tertiary alicyclic amines) is 1. The number of hydrogen-bond acceptors (Lipinski definition) is 2. The highest BCUT2D eigenvalue weighted by Gasteiger charge is 2.17. The minimum Gasteiger partial charge on any atom is -0.350 e. The van der Waals surface area contributed by atoms with Gasteiger partial charge in [-0.3, -0.25) is 9.79 Å². The van der Waals surface area contributed by atoms with Crippen molar-refractivity contribution in [2.45, 2.75) is 19.4 Å².